The van der Waals surface area contributed by atoms with Crippen LogP contribution < -0.4 is 14.4 Å². The molecule has 0 aliphatic rings. The Morgan fingerprint density at radius 1 is 0.907 bits per heavy atom. The zero-order valence-corrected chi connectivity index (χ0v) is 27.0. The van der Waals surface area contributed by atoms with Gasteiger partial charge in [-0.2, -0.15) is 0 Å². The first-order valence-electron chi connectivity index (χ1n) is 14.7. The summed E-state index contributed by atoms with van der Waals surface area (Å²) in [5.41, 5.74) is 4.40. The average Bonchev–Trinajstić information content (AvgIpc) is 2.97. The molecule has 0 bridgehead atoms. The lowest BCUT2D eigenvalue weighted by Crippen LogP contribution is -2.51. The summed E-state index contributed by atoms with van der Waals surface area (Å²) in [5.74, 6) is 0.459. The third-order valence-corrected chi connectivity index (χ3v) is 8.57. The van der Waals surface area contributed by atoms with E-state index in [1.807, 2.05) is 94.4 Å². The number of ether oxygens (including phenoxy) is 1. The average molecular weight is 608 g/mol. The smallest absolute Gasteiger partial charge is 0.243 e. The van der Waals surface area contributed by atoms with Crippen LogP contribution in [0.1, 0.15) is 48.9 Å². The molecule has 0 saturated heterocycles. The molecule has 1 N–H and O–H groups in total. The van der Waals surface area contributed by atoms with E-state index in [2.05, 4.69) is 5.32 Å². The van der Waals surface area contributed by atoms with Gasteiger partial charge >= 0.3 is 0 Å². The van der Waals surface area contributed by atoms with E-state index < -0.39 is 16.1 Å². The van der Waals surface area contributed by atoms with Crippen LogP contribution in [0.3, 0.4) is 0 Å². The Morgan fingerprint density at radius 2 is 1.60 bits per heavy atom. The van der Waals surface area contributed by atoms with Crippen molar-refractivity contribution in [1.29, 1.82) is 0 Å². The van der Waals surface area contributed by atoms with Crippen LogP contribution in [-0.2, 0) is 32.6 Å². The van der Waals surface area contributed by atoms with E-state index in [0.717, 1.165) is 22.3 Å². The highest BCUT2D eigenvalue weighted by molar-refractivity contribution is 7.92. The summed E-state index contributed by atoms with van der Waals surface area (Å²) < 4.78 is 32.2. The van der Waals surface area contributed by atoms with Crippen molar-refractivity contribution in [2.24, 2.45) is 5.92 Å². The molecule has 9 heteroatoms. The Labute approximate surface area is 257 Å². The highest BCUT2D eigenvalue weighted by Crippen LogP contribution is 2.23. The summed E-state index contributed by atoms with van der Waals surface area (Å²) in [6, 6.07) is 21.9. The van der Waals surface area contributed by atoms with Gasteiger partial charge in [-0.15, -0.1) is 0 Å². The van der Waals surface area contributed by atoms with Gasteiger partial charge in [-0.1, -0.05) is 62.4 Å². The minimum absolute atomic E-state index is 0.0730. The standard InChI is InChI=1S/C34H45N3O5S/c1-25(2)23-35-34(39)32(22-28-12-8-7-9-13-28)36(24-29-14-10-15-31(21-29)42-5)33(38)16-11-19-37(43(6,40)41)30-18-17-26(3)27(4)20-30/h7-10,12-15,17-18,20-21,25,32H,11,16,19,22-24H2,1-6H3,(H,35,39)/t32-/m1/s1. The van der Waals surface area contributed by atoms with E-state index in [4.69, 9.17) is 4.74 Å². The van der Waals surface area contributed by atoms with Gasteiger partial charge in [0, 0.05) is 32.5 Å². The summed E-state index contributed by atoms with van der Waals surface area (Å²) in [5, 5.41) is 3.03. The van der Waals surface area contributed by atoms with Crippen molar-refractivity contribution in [3.8, 4) is 5.75 Å². The van der Waals surface area contributed by atoms with E-state index in [9.17, 15) is 18.0 Å². The summed E-state index contributed by atoms with van der Waals surface area (Å²) in [6.07, 6.45) is 1.88. The first kappa shape index (κ1) is 33.6. The maximum absolute atomic E-state index is 14.0. The lowest BCUT2D eigenvalue weighted by Gasteiger charge is -2.32. The molecular formula is C34H45N3O5S. The van der Waals surface area contributed by atoms with Crippen LogP contribution in [0.4, 0.5) is 5.69 Å². The first-order valence-corrected chi connectivity index (χ1v) is 16.5. The third-order valence-electron chi connectivity index (χ3n) is 7.37. The molecule has 0 heterocycles. The van der Waals surface area contributed by atoms with Crippen molar-refractivity contribution in [1.82, 2.24) is 10.2 Å². The van der Waals surface area contributed by atoms with Gasteiger partial charge in [0.2, 0.25) is 21.8 Å². The van der Waals surface area contributed by atoms with Gasteiger partial charge in [0.1, 0.15) is 11.8 Å². The molecule has 0 fully saturated rings. The molecule has 0 aromatic heterocycles. The van der Waals surface area contributed by atoms with E-state index in [1.165, 1.54) is 10.6 Å². The molecule has 0 unspecified atom stereocenters. The maximum Gasteiger partial charge on any atom is 0.243 e. The molecule has 0 spiro atoms. The number of benzene rings is 3. The second kappa shape index (κ2) is 15.6. The van der Waals surface area contributed by atoms with Crippen LogP contribution in [-0.4, -0.2) is 57.6 Å². The van der Waals surface area contributed by atoms with Crippen LogP contribution in [0, 0.1) is 19.8 Å². The number of carbonyl (C=O) groups is 2. The molecule has 8 nitrogen and oxygen atoms in total. The van der Waals surface area contributed by atoms with E-state index in [1.54, 1.807) is 18.1 Å². The van der Waals surface area contributed by atoms with E-state index in [-0.39, 0.29) is 37.2 Å². The van der Waals surface area contributed by atoms with Crippen molar-refractivity contribution in [2.75, 3.05) is 30.8 Å². The lowest BCUT2D eigenvalue weighted by molar-refractivity contribution is -0.141. The van der Waals surface area contributed by atoms with Crippen molar-refractivity contribution in [3.63, 3.8) is 0 Å². The Morgan fingerprint density at radius 3 is 2.23 bits per heavy atom. The summed E-state index contributed by atoms with van der Waals surface area (Å²) >= 11 is 0. The van der Waals surface area contributed by atoms with Gasteiger partial charge in [-0.3, -0.25) is 13.9 Å². The monoisotopic (exact) mass is 607 g/mol. The van der Waals surface area contributed by atoms with Crippen LogP contribution in [0.25, 0.3) is 0 Å². The molecule has 3 aromatic carbocycles. The molecule has 2 amide bonds. The molecule has 0 aliphatic carbocycles. The fourth-order valence-corrected chi connectivity index (χ4v) is 5.79. The highest BCUT2D eigenvalue weighted by atomic mass is 32.2. The van der Waals surface area contributed by atoms with Crippen molar-refractivity contribution in [3.05, 3.63) is 95.1 Å². The molecular weight excluding hydrogens is 562 g/mol. The minimum atomic E-state index is -3.58. The predicted octanol–water partition coefficient (Wildman–Crippen LogP) is 5.27. The number of methoxy groups -OCH3 is 1. The maximum atomic E-state index is 14.0. The lowest BCUT2D eigenvalue weighted by atomic mass is 10.0. The molecule has 0 radical (unpaired) electrons. The Bertz CT molecular complexity index is 1470. The van der Waals surface area contributed by atoms with Gasteiger partial charge in [0.05, 0.1) is 19.1 Å². The third kappa shape index (κ3) is 10.1. The fourth-order valence-electron chi connectivity index (χ4n) is 4.83. The van der Waals surface area contributed by atoms with Gasteiger partial charge in [0.15, 0.2) is 0 Å². The number of nitrogens with zero attached hydrogens (tertiary/aromatic N) is 2. The van der Waals surface area contributed by atoms with Gasteiger partial charge < -0.3 is 15.0 Å². The van der Waals surface area contributed by atoms with Crippen molar-refractivity contribution in [2.45, 2.75) is 59.5 Å². The number of nitrogens with one attached hydrogen (secondary N) is 1. The number of rotatable bonds is 15. The zero-order valence-electron chi connectivity index (χ0n) is 26.2. The summed E-state index contributed by atoms with van der Waals surface area (Å²) in [4.78, 5) is 29.3. The molecule has 3 aromatic rings. The van der Waals surface area contributed by atoms with E-state index >= 15 is 0 Å². The quantitative estimate of drug-likeness (QED) is 0.254. The topological polar surface area (TPSA) is 96.0 Å². The van der Waals surface area contributed by atoms with Crippen LogP contribution in [0.15, 0.2) is 72.8 Å². The van der Waals surface area contributed by atoms with Crippen molar-refractivity contribution >= 4 is 27.5 Å². The van der Waals surface area contributed by atoms with Crippen LogP contribution >= 0.6 is 0 Å². The normalized spacial score (nSPS) is 12.1. The number of sulfonamides is 1. The van der Waals surface area contributed by atoms with Crippen molar-refractivity contribution < 1.29 is 22.7 Å². The number of carbonyl (C=O) groups excluding carboxylic acids is 2. The SMILES string of the molecule is COc1cccc(CN(C(=O)CCCN(c2ccc(C)c(C)c2)S(C)(=O)=O)[C@H](Cc2ccccc2)C(=O)NCC(C)C)c1. The highest BCUT2D eigenvalue weighted by Gasteiger charge is 2.30. The van der Waals surface area contributed by atoms with Gasteiger partial charge in [0.25, 0.3) is 0 Å². The summed E-state index contributed by atoms with van der Waals surface area (Å²) in [6.45, 7) is 8.80. The molecule has 232 valence electrons. The molecule has 3 rings (SSSR count). The second-order valence-corrected chi connectivity index (χ2v) is 13.3. The van der Waals surface area contributed by atoms with Crippen LogP contribution in [0.5, 0.6) is 5.75 Å². The number of aryl methyl sites for hydroxylation is 2. The molecule has 0 saturated carbocycles. The molecule has 1 atom stereocenters. The summed E-state index contributed by atoms with van der Waals surface area (Å²) in [7, 11) is -1.99. The predicted molar refractivity (Wildman–Crippen MR) is 173 cm³/mol. The zero-order chi connectivity index (χ0) is 31.6. The molecule has 43 heavy (non-hydrogen) atoms. The van der Waals surface area contributed by atoms with Gasteiger partial charge in [-0.05, 0) is 72.7 Å². The largest absolute Gasteiger partial charge is 0.497 e. The fraction of sp³-hybridized carbons (Fsp3) is 0.412. The number of hydrogen-bond acceptors (Lipinski definition) is 5. The number of amides is 2. The minimum Gasteiger partial charge on any atom is -0.497 e. The first-order chi connectivity index (χ1) is 20.4. The Kier molecular flexibility index (Phi) is 12.2. The van der Waals surface area contributed by atoms with Crippen LogP contribution in [0.2, 0.25) is 0 Å². The number of hydrogen-bond donors (Lipinski definition) is 1. The van der Waals surface area contributed by atoms with Gasteiger partial charge in [-0.25, -0.2) is 8.42 Å². The van der Waals surface area contributed by atoms with E-state index in [0.29, 0.717) is 30.8 Å². The number of anilines is 1. The second-order valence-electron chi connectivity index (χ2n) is 11.4. The Balaban J connectivity index is 1.90. The molecule has 0 aliphatic heterocycles. The Hall–Kier alpha value is -3.85.